The number of rotatable bonds is 54. The maximum atomic E-state index is 12.8. The third-order valence-corrected chi connectivity index (χ3v) is 13.0. The lowest BCUT2D eigenvalue weighted by atomic mass is 10.0. The summed E-state index contributed by atoms with van der Waals surface area (Å²) in [5.41, 5.74) is 0. The molecule has 0 radical (unpaired) electrons. The molecule has 0 N–H and O–H groups in total. The number of ether oxygens (including phenoxy) is 3. The van der Waals surface area contributed by atoms with Gasteiger partial charge < -0.3 is 14.2 Å². The zero-order valence-corrected chi connectivity index (χ0v) is 45.4. The Bertz CT molecular complexity index is 1190. The Labute approximate surface area is 422 Å². The van der Waals surface area contributed by atoms with Crippen LogP contribution in [0.1, 0.15) is 310 Å². The van der Waals surface area contributed by atoms with E-state index >= 15 is 0 Å². The monoisotopic (exact) mass is 953 g/mol. The fourth-order valence-electron chi connectivity index (χ4n) is 8.57. The standard InChI is InChI=1S/C62H112O6/c1-4-7-10-13-16-19-22-25-27-29-30-31-32-33-35-37-40-43-46-49-52-55-61(64)67-58-59(57-66-60(63)54-51-48-45-42-39-36-24-21-18-15-12-9-6-3)68-62(65)56-53-50-47-44-41-38-34-28-26-23-20-17-14-11-8-5-2/h12,15,20-21,23-24,28,34,59H,4-11,13-14,16-19,22,25-27,29-33,35-58H2,1-3H3/b15-12-,23-20-,24-21-,34-28-. The molecule has 396 valence electrons. The summed E-state index contributed by atoms with van der Waals surface area (Å²) in [5, 5.41) is 0. The molecule has 0 saturated heterocycles. The maximum absolute atomic E-state index is 12.8. The molecule has 0 saturated carbocycles. The second kappa shape index (κ2) is 57.0. The van der Waals surface area contributed by atoms with Crippen molar-refractivity contribution in [2.75, 3.05) is 13.2 Å². The van der Waals surface area contributed by atoms with Crippen molar-refractivity contribution in [3.63, 3.8) is 0 Å². The molecule has 0 aliphatic rings. The summed E-state index contributed by atoms with van der Waals surface area (Å²) >= 11 is 0. The van der Waals surface area contributed by atoms with Crippen molar-refractivity contribution in [3.05, 3.63) is 48.6 Å². The van der Waals surface area contributed by atoms with Gasteiger partial charge in [-0.05, 0) is 77.0 Å². The van der Waals surface area contributed by atoms with Gasteiger partial charge in [0.2, 0.25) is 0 Å². The van der Waals surface area contributed by atoms with Crippen molar-refractivity contribution in [2.24, 2.45) is 0 Å². The quantitative estimate of drug-likeness (QED) is 0.0262. The van der Waals surface area contributed by atoms with Crippen molar-refractivity contribution in [1.82, 2.24) is 0 Å². The van der Waals surface area contributed by atoms with E-state index in [1.165, 1.54) is 161 Å². The van der Waals surface area contributed by atoms with Crippen molar-refractivity contribution in [2.45, 2.75) is 316 Å². The van der Waals surface area contributed by atoms with Gasteiger partial charge in [0.25, 0.3) is 0 Å². The number of allylic oxidation sites excluding steroid dienone is 8. The lowest BCUT2D eigenvalue weighted by Gasteiger charge is -2.18. The van der Waals surface area contributed by atoms with E-state index in [1.54, 1.807) is 0 Å². The molecule has 0 heterocycles. The van der Waals surface area contributed by atoms with Gasteiger partial charge in [-0.3, -0.25) is 14.4 Å². The molecule has 68 heavy (non-hydrogen) atoms. The second-order valence-electron chi connectivity index (χ2n) is 19.9. The van der Waals surface area contributed by atoms with E-state index in [2.05, 4.69) is 69.4 Å². The summed E-state index contributed by atoms with van der Waals surface area (Å²) in [6.07, 6.45) is 69.6. The fraction of sp³-hybridized carbons (Fsp3) is 0.823. The van der Waals surface area contributed by atoms with Crippen LogP contribution in [0.2, 0.25) is 0 Å². The molecule has 1 unspecified atom stereocenters. The molecule has 0 rings (SSSR count). The molecule has 0 bridgehead atoms. The highest BCUT2D eigenvalue weighted by Crippen LogP contribution is 2.17. The maximum Gasteiger partial charge on any atom is 0.306 e. The second-order valence-corrected chi connectivity index (χ2v) is 19.9. The molecule has 0 aliphatic carbocycles. The highest BCUT2D eigenvalue weighted by atomic mass is 16.6. The Hall–Kier alpha value is -2.63. The van der Waals surface area contributed by atoms with Crippen molar-refractivity contribution in [1.29, 1.82) is 0 Å². The van der Waals surface area contributed by atoms with Gasteiger partial charge in [0.15, 0.2) is 6.10 Å². The summed E-state index contributed by atoms with van der Waals surface area (Å²) in [4.78, 5) is 38.2. The predicted octanol–water partition coefficient (Wildman–Crippen LogP) is 19.8. The van der Waals surface area contributed by atoms with Gasteiger partial charge in [0.1, 0.15) is 13.2 Å². The van der Waals surface area contributed by atoms with Crippen LogP contribution in [0.5, 0.6) is 0 Å². The third-order valence-electron chi connectivity index (χ3n) is 13.0. The summed E-state index contributed by atoms with van der Waals surface area (Å²) in [6, 6.07) is 0. The van der Waals surface area contributed by atoms with Crippen LogP contribution in [0.4, 0.5) is 0 Å². The van der Waals surface area contributed by atoms with E-state index in [9.17, 15) is 14.4 Å². The fourth-order valence-corrected chi connectivity index (χ4v) is 8.57. The van der Waals surface area contributed by atoms with E-state index < -0.39 is 6.10 Å². The molecule has 0 fully saturated rings. The van der Waals surface area contributed by atoms with E-state index in [-0.39, 0.29) is 31.1 Å². The van der Waals surface area contributed by atoms with Crippen LogP contribution in [-0.2, 0) is 28.6 Å². The Morgan fingerprint density at radius 2 is 0.559 bits per heavy atom. The Morgan fingerprint density at radius 3 is 0.882 bits per heavy atom. The average molecular weight is 954 g/mol. The van der Waals surface area contributed by atoms with E-state index in [4.69, 9.17) is 14.2 Å². The summed E-state index contributed by atoms with van der Waals surface area (Å²) < 4.78 is 16.9. The number of esters is 3. The summed E-state index contributed by atoms with van der Waals surface area (Å²) in [5.74, 6) is -0.894. The number of carbonyl (C=O) groups is 3. The minimum atomic E-state index is -0.784. The topological polar surface area (TPSA) is 78.9 Å². The van der Waals surface area contributed by atoms with E-state index in [0.717, 1.165) is 109 Å². The van der Waals surface area contributed by atoms with Gasteiger partial charge in [-0.2, -0.15) is 0 Å². The first-order valence-corrected chi connectivity index (χ1v) is 29.6. The molecule has 0 aromatic heterocycles. The average Bonchev–Trinajstić information content (AvgIpc) is 3.34. The molecular weight excluding hydrogens is 841 g/mol. The number of hydrogen-bond acceptors (Lipinski definition) is 6. The van der Waals surface area contributed by atoms with Crippen molar-refractivity contribution < 1.29 is 28.6 Å². The van der Waals surface area contributed by atoms with Gasteiger partial charge in [0, 0.05) is 19.3 Å². The molecule has 0 spiro atoms. The summed E-state index contributed by atoms with van der Waals surface area (Å²) in [7, 11) is 0. The van der Waals surface area contributed by atoms with E-state index in [0.29, 0.717) is 19.3 Å². The van der Waals surface area contributed by atoms with Gasteiger partial charge in [-0.15, -0.1) is 0 Å². The smallest absolute Gasteiger partial charge is 0.306 e. The molecule has 0 aromatic rings. The minimum absolute atomic E-state index is 0.0805. The predicted molar refractivity (Wildman–Crippen MR) is 293 cm³/mol. The lowest BCUT2D eigenvalue weighted by Crippen LogP contribution is -2.30. The molecule has 6 heteroatoms. The number of hydrogen-bond donors (Lipinski definition) is 0. The van der Waals surface area contributed by atoms with Gasteiger partial charge in [0.05, 0.1) is 0 Å². The van der Waals surface area contributed by atoms with Crippen molar-refractivity contribution in [3.8, 4) is 0 Å². The molecule has 6 nitrogen and oxygen atoms in total. The minimum Gasteiger partial charge on any atom is -0.462 e. The highest BCUT2D eigenvalue weighted by molar-refractivity contribution is 5.71. The SMILES string of the molecule is CCC/C=C\C/C=C\CCCCCCCC(=O)OCC(COC(=O)CCCCCCCCCCCCCCCCCCCCCCC)OC(=O)CCCCCCC/C=C\C/C=C\CCCCCC. The normalized spacial score (nSPS) is 12.3. The Kier molecular flexibility index (Phi) is 54.8. The lowest BCUT2D eigenvalue weighted by molar-refractivity contribution is -0.167. The van der Waals surface area contributed by atoms with Gasteiger partial charge in [-0.25, -0.2) is 0 Å². The largest absolute Gasteiger partial charge is 0.462 e. The van der Waals surface area contributed by atoms with Crippen molar-refractivity contribution >= 4 is 17.9 Å². The zero-order chi connectivity index (χ0) is 49.3. The van der Waals surface area contributed by atoms with Crippen LogP contribution in [0, 0.1) is 0 Å². The molecule has 1 atom stereocenters. The van der Waals surface area contributed by atoms with Crippen LogP contribution >= 0.6 is 0 Å². The first kappa shape index (κ1) is 65.4. The summed E-state index contributed by atoms with van der Waals surface area (Å²) in [6.45, 7) is 6.57. The highest BCUT2D eigenvalue weighted by Gasteiger charge is 2.19. The van der Waals surface area contributed by atoms with Crippen LogP contribution in [0.15, 0.2) is 48.6 Å². The zero-order valence-electron chi connectivity index (χ0n) is 45.4. The first-order chi connectivity index (χ1) is 33.5. The van der Waals surface area contributed by atoms with Crippen LogP contribution < -0.4 is 0 Å². The first-order valence-electron chi connectivity index (χ1n) is 29.6. The number of unbranched alkanes of at least 4 members (excludes halogenated alkanes) is 35. The molecular formula is C62H112O6. The van der Waals surface area contributed by atoms with Gasteiger partial charge >= 0.3 is 17.9 Å². The third kappa shape index (κ3) is 54.3. The van der Waals surface area contributed by atoms with Crippen LogP contribution in [-0.4, -0.2) is 37.2 Å². The Morgan fingerprint density at radius 1 is 0.294 bits per heavy atom. The van der Waals surface area contributed by atoms with Crippen LogP contribution in [0.3, 0.4) is 0 Å². The molecule has 0 aromatic carbocycles. The number of carbonyl (C=O) groups excluding carboxylic acids is 3. The van der Waals surface area contributed by atoms with E-state index in [1.807, 2.05) is 0 Å². The Balaban J connectivity index is 4.32. The molecule has 0 aliphatic heterocycles. The molecule has 0 amide bonds. The van der Waals surface area contributed by atoms with Gasteiger partial charge in [-0.1, -0.05) is 262 Å². The van der Waals surface area contributed by atoms with Crippen LogP contribution in [0.25, 0.3) is 0 Å².